The molecule has 0 saturated carbocycles. The minimum absolute atomic E-state index is 0.262. The molecule has 0 aliphatic heterocycles. The van der Waals surface area contributed by atoms with E-state index in [9.17, 15) is 9.18 Å². The van der Waals surface area contributed by atoms with Crippen LogP contribution < -0.4 is 0 Å². The summed E-state index contributed by atoms with van der Waals surface area (Å²) in [5, 5.41) is 0. The number of hydrogen-bond donors (Lipinski definition) is 0. The zero-order valence-corrected chi connectivity index (χ0v) is 10.3. The predicted octanol–water partition coefficient (Wildman–Crippen LogP) is 3.53. The Morgan fingerprint density at radius 2 is 1.67 bits per heavy atom. The van der Waals surface area contributed by atoms with E-state index in [4.69, 9.17) is 0 Å². The number of rotatable bonds is 4. The van der Waals surface area contributed by atoms with E-state index in [0.717, 1.165) is 11.8 Å². The van der Waals surface area contributed by atoms with E-state index in [0.29, 0.717) is 12.0 Å². The minimum Gasteiger partial charge on any atom is -0.302 e. The van der Waals surface area contributed by atoms with Gasteiger partial charge in [0.2, 0.25) is 0 Å². The van der Waals surface area contributed by atoms with Crippen molar-refractivity contribution in [2.75, 3.05) is 0 Å². The number of carbonyl (C=O) groups is 1. The molecule has 0 fully saturated rings. The molecule has 1 unspecified atom stereocenters. The lowest BCUT2D eigenvalue weighted by atomic mass is 9.78. The van der Waals surface area contributed by atoms with Crippen molar-refractivity contribution < 1.29 is 9.18 Å². The molecule has 2 aromatic carbocycles. The SMILES string of the molecule is CC(C=O)(Cc1ccccc1F)c1ccccc1. The molecule has 0 aliphatic rings. The van der Waals surface area contributed by atoms with E-state index in [1.807, 2.05) is 37.3 Å². The van der Waals surface area contributed by atoms with E-state index >= 15 is 0 Å². The molecule has 2 rings (SSSR count). The van der Waals surface area contributed by atoms with Gasteiger partial charge in [-0.1, -0.05) is 48.5 Å². The van der Waals surface area contributed by atoms with Gasteiger partial charge in [0.1, 0.15) is 12.1 Å². The summed E-state index contributed by atoms with van der Waals surface area (Å²) in [6.07, 6.45) is 1.27. The average Bonchev–Trinajstić information content (AvgIpc) is 2.42. The van der Waals surface area contributed by atoms with Crippen LogP contribution in [0.2, 0.25) is 0 Å². The molecule has 2 aromatic rings. The molecular weight excluding hydrogens is 227 g/mol. The molecule has 92 valence electrons. The summed E-state index contributed by atoms with van der Waals surface area (Å²) >= 11 is 0. The first-order chi connectivity index (χ1) is 8.65. The third-order valence-corrected chi connectivity index (χ3v) is 3.21. The number of aldehydes is 1. The Hall–Kier alpha value is -1.96. The summed E-state index contributed by atoms with van der Waals surface area (Å²) in [7, 11) is 0. The number of carbonyl (C=O) groups excluding carboxylic acids is 1. The second kappa shape index (κ2) is 5.13. The predicted molar refractivity (Wildman–Crippen MR) is 70.0 cm³/mol. The van der Waals surface area contributed by atoms with E-state index in [1.165, 1.54) is 6.07 Å². The maximum absolute atomic E-state index is 13.7. The van der Waals surface area contributed by atoms with Crippen molar-refractivity contribution >= 4 is 6.29 Å². The van der Waals surface area contributed by atoms with Gasteiger partial charge in [0, 0.05) is 0 Å². The van der Waals surface area contributed by atoms with Crippen LogP contribution in [-0.2, 0) is 16.6 Å². The molecule has 0 saturated heterocycles. The lowest BCUT2D eigenvalue weighted by molar-refractivity contribution is -0.112. The van der Waals surface area contributed by atoms with Crippen LogP contribution in [0.3, 0.4) is 0 Å². The van der Waals surface area contributed by atoms with Gasteiger partial charge in [-0.3, -0.25) is 0 Å². The first-order valence-corrected chi connectivity index (χ1v) is 5.91. The monoisotopic (exact) mass is 242 g/mol. The zero-order valence-electron chi connectivity index (χ0n) is 10.3. The zero-order chi connectivity index (χ0) is 13.0. The van der Waals surface area contributed by atoms with Crippen molar-refractivity contribution in [1.82, 2.24) is 0 Å². The largest absolute Gasteiger partial charge is 0.302 e. The number of benzene rings is 2. The third kappa shape index (κ3) is 2.48. The Morgan fingerprint density at radius 3 is 2.28 bits per heavy atom. The fourth-order valence-electron chi connectivity index (χ4n) is 2.07. The topological polar surface area (TPSA) is 17.1 Å². The van der Waals surface area contributed by atoms with Gasteiger partial charge in [-0.2, -0.15) is 0 Å². The molecule has 0 spiro atoms. The Bertz CT molecular complexity index is 536. The van der Waals surface area contributed by atoms with E-state index < -0.39 is 5.41 Å². The molecule has 0 radical (unpaired) electrons. The van der Waals surface area contributed by atoms with Crippen LogP contribution in [0.15, 0.2) is 54.6 Å². The van der Waals surface area contributed by atoms with Gasteiger partial charge >= 0.3 is 0 Å². The van der Waals surface area contributed by atoms with Crippen LogP contribution in [0, 0.1) is 5.82 Å². The smallest absolute Gasteiger partial charge is 0.130 e. The highest BCUT2D eigenvalue weighted by Crippen LogP contribution is 2.27. The number of hydrogen-bond acceptors (Lipinski definition) is 1. The van der Waals surface area contributed by atoms with Gasteiger partial charge in [0.25, 0.3) is 0 Å². The Labute approximate surface area is 106 Å². The first-order valence-electron chi connectivity index (χ1n) is 5.91. The average molecular weight is 242 g/mol. The highest BCUT2D eigenvalue weighted by molar-refractivity contribution is 5.68. The van der Waals surface area contributed by atoms with Gasteiger partial charge < -0.3 is 4.79 Å². The maximum atomic E-state index is 13.7. The molecule has 0 aromatic heterocycles. The van der Waals surface area contributed by atoms with Crippen molar-refractivity contribution in [3.05, 3.63) is 71.5 Å². The van der Waals surface area contributed by atoms with Crippen molar-refractivity contribution in [3.63, 3.8) is 0 Å². The fourth-order valence-corrected chi connectivity index (χ4v) is 2.07. The quantitative estimate of drug-likeness (QED) is 0.750. The van der Waals surface area contributed by atoms with Crippen LogP contribution in [0.1, 0.15) is 18.1 Å². The molecular formula is C16H15FO. The van der Waals surface area contributed by atoms with Crippen LogP contribution in [0.5, 0.6) is 0 Å². The van der Waals surface area contributed by atoms with E-state index in [2.05, 4.69) is 0 Å². The normalized spacial score (nSPS) is 13.9. The summed E-state index contributed by atoms with van der Waals surface area (Å²) in [6, 6.07) is 16.1. The minimum atomic E-state index is -0.691. The molecule has 0 N–H and O–H groups in total. The Morgan fingerprint density at radius 1 is 1.06 bits per heavy atom. The van der Waals surface area contributed by atoms with Crippen molar-refractivity contribution in [3.8, 4) is 0 Å². The van der Waals surface area contributed by atoms with Crippen molar-refractivity contribution in [1.29, 1.82) is 0 Å². The summed E-state index contributed by atoms with van der Waals surface area (Å²) in [5.74, 6) is -0.262. The summed E-state index contributed by atoms with van der Waals surface area (Å²) in [6.45, 7) is 1.84. The van der Waals surface area contributed by atoms with E-state index in [1.54, 1.807) is 18.2 Å². The van der Waals surface area contributed by atoms with Crippen LogP contribution in [0.25, 0.3) is 0 Å². The fraction of sp³-hybridized carbons (Fsp3) is 0.188. The lowest BCUT2D eigenvalue weighted by Crippen LogP contribution is -2.27. The molecule has 18 heavy (non-hydrogen) atoms. The molecule has 1 atom stereocenters. The van der Waals surface area contributed by atoms with Gasteiger partial charge in [0.05, 0.1) is 5.41 Å². The molecule has 2 heteroatoms. The molecule has 0 aliphatic carbocycles. The molecule has 0 heterocycles. The van der Waals surface area contributed by atoms with Crippen LogP contribution in [0.4, 0.5) is 4.39 Å². The third-order valence-electron chi connectivity index (χ3n) is 3.21. The number of halogens is 1. The Kier molecular flexibility index (Phi) is 3.56. The summed E-state index contributed by atoms with van der Waals surface area (Å²) < 4.78 is 13.7. The highest BCUT2D eigenvalue weighted by Gasteiger charge is 2.27. The highest BCUT2D eigenvalue weighted by atomic mass is 19.1. The van der Waals surface area contributed by atoms with Crippen molar-refractivity contribution in [2.24, 2.45) is 0 Å². The lowest BCUT2D eigenvalue weighted by Gasteiger charge is -2.24. The Balaban J connectivity index is 2.35. The molecule has 0 amide bonds. The summed E-state index contributed by atoms with van der Waals surface area (Å²) in [4.78, 5) is 11.4. The summed E-state index contributed by atoms with van der Waals surface area (Å²) in [5.41, 5.74) is 0.780. The van der Waals surface area contributed by atoms with Gasteiger partial charge in [0.15, 0.2) is 0 Å². The molecule has 1 nitrogen and oxygen atoms in total. The van der Waals surface area contributed by atoms with Gasteiger partial charge in [-0.05, 0) is 30.5 Å². The molecule has 0 bridgehead atoms. The van der Waals surface area contributed by atoms with Gasteiger partial charge in [-0.25, -0.2) is 4.39 Å². The second-order valence-corrected chi connectivity index (χ2v) is 4.67. The first kappa shape index (κ1) is 12.5. The van der Waals surface area contributed by atoms with Crippen LogP contribution >= 0.6 is 0 Å². The van der Waals surface area contributed by atoms with Crippen LogP contribution in [-0.4, -0.2) is 6.29 Å². The van der Waals surface area contributed by atoms with Crippen molar-refractivity contribution in [2.45, 2.75) is 18.8 Å². The van der Waals surface area contributed by atoms with Gasteiger partial charge in [-0.15, -0.1) is 0 Å². The van der Waals surface area contributed by atoms with E-state index in [-0.39, 0.29) is 5.82 Å². The standard InChI is InChI=1S/C16H15FO/c1-16(12-18,14-8-3-2-4-9-14)11-13-7-5-6-10-15(13)17/h2-10,12H,11H2,1H3. The maximum Gasteiger partial charge on any atom is 0.130 e. The second-order valence-electron chi connectivity index (χ2n) is 4.67.